The van der Waals surface area contributed by atoms with E-state index in [1.54, 1.807) is 0 Å². The molecule has 1 aromatic carbocycles. The maximum Gasteiger partial charge on any atom is 0.303 e. The molecule has 0 unspecified atom stereocenters. The predicted octanol–water partition coefficient (Wildman–Crippen LogP) is 3.05. The number of carbonyl (C=O) groups excluding carboxylic acids is 1. The molecule has 0 saturated carbocycles. The van der Waals surface area contributed by atoms with Crippen molar-refractivity contribution in [1.82, 2.24) is 0 Å². The zero-order valence-corrected chi connectivity index (χ0v) is 10.5. The SMILES string of the molecule is Cc1ccc(C(=O)CCCC(=O)O)c(C)c1C. The first-order valence-corrected chi connectivity index (χ1v) is 5.75. The lowest BCUT2D eigenvalue weighted by Gasteiger charge is -2.10. The van der Waals surface area contributed by atoms with Gasteiger partial charge in [-0.15, -0.1) is 0 Å². The number of hydrogen-bond acceptors (Lipinski definition) is 2. The van der Waals surface area contributed by atoms with Gasteiger partial charge >= 0.3 is 5.97 Å². The summed E-state index contributed by atoms with van der Waals surface area (Å²) in [5, 5.41) is 8.52. The second-order valence-electron chi connectivity index (χ2n) is 4.35. The van der Waals surface area contributed by atoms with Gasteiger partial charge in [0.1, 0.15) is 0 Å². The molecule has 0 atom stereocenters. The van der Waals surface area contributed by atoms with Gasteiger partial charge in [-0.2, -0.15) is 0 Å². The number of aryl methyl sites for hydroxylation is 1. The fourth-order valence-corrected chi connectivity index (χ4v) is 1.79. The van der Waals surface area contributed by atoms with Crippen LogP contribution in [0.25, 0.3) is 0 Å². The molecule has 0 saturated heterocycles. The highest BCUT2D eigenvalue weighted by Crippen LogP contribution is 2.19. The van der Waals surface area contributed by atoms with Crippen molar-refractivity contribution in [3.63, 3.8) is 0 Å². The number of carbonyl (C=O) groups is 2. The molecule has 3 nitrogen and oxygen atoms in total. The lowest BCUT2D eigenvalue weighted by atomic mass is 9.94. The summed E-state index contributed by atoms with van der Waals surface area (Å²) < 4.78 is 0. The average Bonchev–Trinajstić information content (AvgIpc) is 2.25. The largest absolute Gasteiger partial charge is 0.481 e. The summed E-state index contributed by atoms with van der Waals surface area (Å²) in [7, 11) is 0. The summed E-state index contributed by atoms with van der Waals surface area (Å²) in [4.78, 5) is 22.3. The van der Waals surface area contributed by atoms with Crippen LogP contribution in [0.5, 0.6) is 0 Å². The summed E-state index contributed by atoms with van der Waals surface area (Å²) in [5.41, 5.74) is 4.03. The van der Waals surface area contributed by atoms with Crippen LogP contribution in [-0.2, 0) is 4.79 Å². The van der Waals surface area contributed by atoms with Crippen molar-refractivity contribution >= 4 is 11.8 Å². The fourth-order valence-electron chi connectivity index (χ4n) is 1.79. The Morgan fingerprint density at radius 2 is 1.71 bits per heavy atom. The Bertz CT molecular complexity index is 447. The van der Waals surface area contributed by atoms with Crippen molar-refractivity contribution in [3.8, 4) is 0 Å². The van der Waals surface area contributed by atoms with Gasteiger partial charge in [-0.05, 0) is 43.9 Å². The molecule has 0 heterocycles. The smallest absolute Gasteiger partial charge is 0.303 e. The monoisotopic (exact) mass is 234 g/mol. The maximum atomic E-state index is 11.9. The van der Waals surface area contributed by atoms with E-state index in [2.05, 4.69) is 0 Å². The van der Waals surface area contributed by atoms with Gasteiger partial charge in [0.25, 0.3) is 0 Å². The number of rotatable bonds is 5. The Labute approximate surface area is 101 Å². The topological polar surface area (TPSA) is 54.4 Å². The molecule has 17 heavy (non-hydrogen) atoms. The van der Waals surface area contributed by atoms with E-state index >= 15 is 0 Å². The van der Waals surface area contributed by atoms with Crippen LogP contribution in [0.15, 0.2) is 12.1 Å². The van der Waals surface area contributed by atoms with E-state index in [4.69, 9.17) is 5.11 Å². The van der Waals surface area contributed by atoms with Crippen LogP contribution < -0.4 is 0 Å². The molecule has 1 rings (SSSR count). The predicted molar refractivity (Wildman–Crippen MR) is 66.5 cm³/mol. The second-order valence-corrected chi connectivity index (χ2v) is 4.35. The Morgan fingerprint density at radius 3 is 2.29 bits per heavy atom. The number of ketones is 1. The molecule has 3 heteroatoms. The summed E-state index contributed by atoms with van der Waals surface area (Å²) in [6, 6.07) is 3.77. The third-order valence-corrected chi connectivity index (χ3v) is 3.15. The Balaban J connectivity index is 2.76. The van der Waals surface area contributed by atoms with Crippen molar-refractivity contribution in [3.05, 3.63) is 34.4 Å². The molecule has 0 aliphatic carbocycles. The number of carboxylic acid groups (broad SMARTS) is 1. The van der Waals surface area contributed by atoms with Crippen molar-refractivity contribution in [2.75, 3.05) is 0 Å². The first-order valence-electron chi connectivity index (χ1n) is 5.75. The number of aliphatic carboxylic acids is 1. The average molecular weight is 234 g/mol. The molecule has 92 valence electrons. The van der Waals surface area contributed by atoms with Gasteiger partial charge in [0.05, 0.1) is 0 Å². The van der Waals surface area contributed by atoms with Crippen molar-refractivity contribution < 1.29 is 14.7 Å². The van der Waals surface area contributed by atoms with Gasteiger partial charge in [-0.3, -0.25) is 9.59 Å². The highest BCUT2D eigenvalue weighted by atomic mass is 16.4. The Kier molecular flexibility index (Phi) is 4.44. The molecule has 0 fully saturated rings. The van der Waals surface area contributed by atoms with Gasteiger partial charge in [-0.25, -0.2) is 0 Å². The normalized spacial score (nSPS) is 10.3. The number of carboxylic acids is 1. The second kappa shape index (κ2) is 5.62. The molecule has 0 aromatic heterocycles. The summed E-state index contributed by atoms with van der Waals surface area (Å²) in [6.07, 6.45) is 0.756. The summed E-state index contributed by atoms with van der Waals surface area (Å²) in [5.74, 6) is -0.818. The molecular weight excluding hydrogens is 216 g/mol. The quantitative estimate of drug-likeness (QED) is 0.797. The van der Waals surface area contributed by atoms with E-state index in [0.717, 1.165) is 16.7 Å². The van der Waals surface area contributed by atoms with Crippen LogP contribution in [0.3, 0.4) is 0 Å². The van der Waals surface area contributed by atoms with Crippen molar-refractivity contribution in [2.24, 2.45) is 0 Å². The van der Waals surface area contributed by atoms with E-state index in [-0.39, 0.29) is 12.2 Å². The van der Waals surface area contributed by atoms with Crippen molar-refractivity contribution in [2.45, 2.75) is 40.0 Å². The molecule has 0 amide bonds. The van der Waals surface area contributed by atoms with E-state index in [0.29, 0.717) is 12.8 Å². The van der Waals surface area contributed by atoms with Crippen molar-refractivity contribution in [1.29, 1.82) is 0 Å². The standard InChI is InChI=1S/C14H18O3/c1-9-7-8-12(11(3)10(9)2)13(15)5-4-6-14(16)17/h7-8H,4-6H2,1-3H3,(H,16,17). The molecule has 0 spiro atoms. The third kappa shape index (κ3) is 3.41. The van der Waals surface area contributed by atoms with Gasteiger partial charge < -0.3 is 5.11 Å². The van der Waals surface area contributed by atoms with Gasteiger partial charge in [-0.1, -0.05) is 12.1 Å². The van der Waals surface area contributed by atoms with Gasteiger partial charge in [0.15, 0.2) is 5.78 Å². The number of benzene rings is 1. The van der Waals surface area contributed by atoms with Crippen LogP contribution in [-0.4, -0.2) is 16.9 Å². The molecule has 1 aromatic rings. The Morgan fingerprint density at radius 1 is 1.06 bits per heavy atom. The van der Waals surface area contributed by atoms with Gasteiger partial charge in [0.2, 0.25) is 0 Å². The number of hydrogen-bond donors (Lipinski definition) is 1. The van der Waals surface area contributed by atoms with Crippen LogP contribution in [0, 0.1) is 20.8 Å². The molecule has 0 aliphatic rings. The number of Topliss-reactive ketones (excluding diaryl/α,β-unsaturated/α-hetero) is 1. The van der Waals surface area contributed by atoms with Gasteiger partial charge in [0, 0.05) is 18.4 Å². The van der Waals surface area contributed by atoms with E-state index in [1.165, 1.54) is 5.56 Å². The first kappa shape index (κ1) is 13.4. The summed E-state index contributed by atoms with van der Waals surface area (Å²) in [6.45, 7) is 5.95. The minimum Gasteiger partial charge on any atom is -0.481 e. The fraction of sp³-hybridized carbons (Fsp3) is 0.429. The van der Waals surface area contributed by atoms with Crippen LogP contribution in [0.2, 0.25) is 0 Å². The lowest BCUT2D eigenvalue weighted by Crippen LogP contribution is -2.05. The molecule has 0 radical (unpaired) electrons. The Hall–Kier alpha value is -1.64. The summed E-state index contributed by atoms with van der Waals surface area (Å²) >= 11 is 0. The highest BCUT2D eigenvalue weighted by Gasteiger charge is 2.11. The third-order valence-electron chi connectivity index (χ3n) is 3.15. The maximum absolute atomic E-state index is 11.9. The minimum atomic E-state index is -0.852. The first-order chi connectivity index (χ1) is 7.93. The highest BCUT2D eigenvalue weighted by molar-refractivity contribution is 5.97. The van der Waals surface area contributed by atoms with E-state index < -0.39 is 5.97 Å². The van der Waals surface area contributed by atoms with Crippen LogP contribution in [0.1, 0.15) is 46.3 Å². The van der Waals surface area contributed by atoms with Crippen LogP contribution in [0.4, 0.5) is 0 Å². The molecular formula is C14H18O3. The molecule has 0 aliphatic heterocycles. The van der Waals surface area contributed by atoms with Crippen LogP contribution >= 0.6 is 0 Å². The minimum absolute atomic E-state index is 0.0341. The zero-order chi connectivity index (χ0) is 13.0. The molecule has 0 bridgehead atoms. The van der Waals surface area contributed by atoms with E-state index in [9.17, 15) is 9.59 Å². The zero-order valence-electron chi connectivity index (χ0n) is 10.5. The van der Waals surface area contributed by atoms with E-state index in [1.807, 2.05) is 32.9 Å². The lowest BCUT2D eigenvalue weighted by molar-refractivity contribution is -0.137. The molecule has 1 N–H and O–H groups in total.